The summed E-state index contributed by atoms with van der Waals surface area (Å²) in [5.74, 6) is 0. The van der Waals surface area contributed by atoms with Crippen LogP contribution < -0.4 is 5.32 Å². The molecule has 0 saturated heterocycles. The molecule has 0 amide bonds. The zero-order chi connectivity index (χ0) is 10.6. The Morgan fingerprint density at radius 2 is 1.71 bits per heavy atom. The molecule has 0 rings (SSSR count). The first-order chi connectivity index (χ1) is 6.85. The van der Waals surface area contributed by atoms with Crippen LogP contribution in [0.1, 0.15) is 45.4 Å². The lowest BCUT2D eigenvalue weighted by atomic mass is 10.1. The van der Waals surface area contributed by atoms with Crippen molar-refractivity contribution in [2.24, 2.45) is 0 Å². The van der Waals surface area contributed by atoms with E-state index in [2.05, 4.69) is 25.4 Å². The first-order valence-electron chi connectivity index (χ1n) is 5.90. The van der Waals surface area contributed by atoms with Gasteiger partial charge in [0.15, 0.2) is 0 Å². The van der Waals surface area contributed by atoms with Crippen LogP contribution in [-0.4, -0.2) is 12.6 Å². The van der Waals surface area contributed by atoms with Gasteiger partial charge in [0.1, 0.15) is 0 Å². The van der Waals surface area contributed by atoms with Crippen LogP contribution in [0.4, 0.5) is 0 Å². The highest BCUT2D eigenvalue weighted by Gasteiger charge is 2.06. The Labute approximate surface area is 89.3 Å². The third-order valence-corrected chi connectivity index (χ3v) is 2.50. The molecule has 0 saturated carbocycles. The van der Waals surface area contributed by atoms with Crippen LogP contribution in [0.2, 0.25) is 0 Å². The predicted octanol–water partition coefficient (Wildman–Crippen LogP) is 2.65. The molecular formula is C13H26N+. The average Bonchev–Trinajstić information content (AvgIpc) is 2.18. The van der Waals surface area contributed by atoms with Crippen LogP contribution in [0.3, 0.4) is 0 Å². The van der Waals surface area contributed by atoms with Crippen molar-refractivity contribution in [3.8, 4) is 0 Å². The van der Waals surface area contributed by atoms with Crippen LogP contribution >= 0.6 is 0 Å². The first-order valence-corrected chi connectivity index (χ1v) is 5.90. The van der Waals surface area contributed by atoms with E-state index in [-0.39, 0.29) is 0 Å². The summed E-state index contributed by atoms with van der Waals surface area (Å²) < 4.78 is 0. The molecule has 82 valence electrons. The lowest BCUT2D eigenvalue weighted by molar-refractivity contribution is -0.688. The van der Waals surface area contributed by atoms with Gasteiger partial charge in [-0.3, -0.25) is 0 Å². The molecule has 0 bridgehead atoms. The van der Waals surface area contributed by atoms with Crippen molar-refractivity contribution < 1.29 is 5.32 Å². The maximum Gasteiger partial charge on any atom is 0.0928 e. The van der Waals surface area contributed by atoms with Crippen molar-refractivity contribution in [1.82, 2.24) is 0 Å². The topological polar surface area (TPSA) is 16.6 Å². The van der Waals surface area contributed by atoms with Crippen LogP contribution in [0.5, 0.6) is 0 Å². The van der Waals surface area contributed by atoms with Crippen LogP contribution in [0.25, 0.3) is 0 Å². The summed E-state index contributed by atoms with van der Waals surface area (Å²) in [7, 11) is 0. The lowest BCUT2D eigenvalue weighted by Gasteiger charge is -2.11. The summed E-state index contributed by atoms with van der Waals surface area (Å²) in [6.45, 7) is 11.1. The first kappa shape index (κ1) is 13.4. The van der Waals surface area contributed by atoms with E-state index in [1.54, 1.807) is 0 Å². The van der Waals surface area contributed by atoms with E-state index >= 15 is 0 Å². The molecule has 0 aromatic rings. The van der Waals surface area contributed by atoms with Gasteiger partial charge >= 0.3 is 0 Å². The zero-order valence-electron chi connectivity index (χ0n) is 9.67. The Balaban J connectivity index is 3.39. The fourth-order valence-corrected chi connectivity index (χ4v) is 1.64. The fourth-order valence-electron chi connectivity index (χ4n) is 1.64. The summed E-state index contributed by atoms with van der Waals surface area (Å²) in [6.07, 6.45) is 11.6. The summed E-state index contributed by atoms with van der Waals surface area (Å²) in [4.78, 5) is 0. The Morgan fingerprint density at radius 3 is 2.21 bits per heavy atom. The van der Waals surface area contributed by atoms with E-state index in [0.29, 0.717) is 6.04 Å². The highest BCUT2D eigenvalue weighted by molar-refractivity contribution is 4.78. The molecular weight excluding hydrogens is 170 g/mol. The molecule has 0 radical (unpaired) electrons. The van der Waals surface area contributed by atoms with Gasteiger partial charge in [0.05, 0.1) is 12.6 Å². The van der Waals surface area contributed by atoms with E-state index in [0.717, 1.165) is 12.8 Å². The standard InChI is InChI=1S/C13H25N/c1-4-7-8-9-12-14-13(10-5-2)11-6-3/h5-6,13-14H,2-4,7-12H2,1H3/p+1. The molecule has 0 heterocycles. The summed E-state index contributed by atoms with van der Waals surface area (Å²) >= 11 is 0. The highest BCUT2D eigenvalue weighted by Crippen LogP contribution is 1.97. The number of unbranched alkanes of at least 4 members (excludes halogenated alkanes) is 3. The second-order valence-electron chi connectivity index (χ2n) is 3.89. The summed E-state index contributed by atoms with van der Waals surface area (Å²) in [5.41, 5.74) is 0. The average molecular weight is 196 g/mol. The molecule has 0 aliphatic carbocycles. The second kappa shape index (κ2) is 10.5. The van der Waals surface area contributed by atoms with Crippen molar-refractivity contribution in [3.05, 3.63) is 25.3 Å². The minimum absolute atomic E-state index is 0.673. The second-order valence-corrected chi connectivity index (χ2v) is 3.89. The van der Waals surface area contributed by atoms with Crippen molar-refractivity contribution in [3.63, 3.8) is 0 Å². The van der Waals surface area contributed by atoms with Crippen molar-refractivity contribution in [2.45, 2.75) is 51.5 Å². The van der Waals surface area contributed by atoms with Gasteiger partial charge in [0, 0.05) is 12.8 Å². The van der Waals surface area contributed by atoms with Gasteiger partial charge < -0.3 is 5.32 Å². The molecule has 0 aliphatic heterocycles. The van der Waals surface area contributed by atoms with Gasteiger partial charge in [0.25, 0.3) is 0 Å². The number of quaternary nitrogens is 1. The Morgan fingerprint density at radius 1 is 1.07 bits per heavy atom. The Bertz CT molecular complexity index is 130. The molecule has 0 aromatic carbocycles. The Hall–Kier alpha value is -0.560. The number of rotatable bonds is 10. The van der Waals surface area contributed by atoms with Gasteiger partial charge in [-0.25, -0.2) is 0 Å². The van der Waals surface area contributed by atoms with Crippen LogP contribution in [0, 0.1) is 0 Å². The predicted molar refractivity (Wildman–Crippen MR) is 64.4 cm³/mol. The zero-order valence-corrected chi connectivity index (χ0v) is 9.67. The highest BCUT2D eigenvalue weighted by atomic mass is 14.9. The lowest BCUT2D eigenvalue weighted by Crippen LogP contribution is -2.89. The van der Waals surface area contributed by atoms with E-state index in [1.807, 2.05) is 12.2 Å². The molecule has 2 N–H and O–H groups in total. The van der Waals surface area contributed by atoms with Crippen molar-refractivity contribution in [1.29, 1.82) is 0 Å². The van der Waals surface area contributed by atoms with Gasteiger partial charge in [0.2, 0.25) is 0 Å². The monoisotopic (exact) mass is 196 g/mol. The molecule has 14 heavy (non-hydrogen) atoms. The van der Waals surface area contributed by atoms with Crippen LogP contribution in [-0.2, 0) is 0 Å². The number of nitrogens with two attached hydrogens (primary N) is 1. The SMILES string of the molecule is C=CCC(CC=C)[NH2+]CCCCCC. The van der Waals surface area contributed by atoms with Crippen molar-refractivity contribution >= 4 is 0 Å². The molecule has 0 unspecified atom stereocenters. The van der Waals surface area contributed by atoms with E-state index in [1.165, 1.54) is 32.2 Å². The molecule has 0 fully saturated rings. The Kier molecular flexibility index (Phi) is 10.1. The normalized spacial score (nSPS) is 10.4. The van der Waals surface area contributed by atoms with Gasteiger partial charge in [-0.1, -0.05) is 31.9 Å². The molecule has 1 heteroatoms. The molecule has 0 atom stereocenters. The summed E-state index contributed by atoms with van der Waals surface area (Å²) in [6, 6.07) is 0.673. The molecule has 0 aromatic heterocycles. The molecule has 1 nitrogen and oxygen atoms in total. The van der Waals surface area contributed by atoms with Crippen LogP contribution in [0.15, 0.2) is 25.3 Å². The molecule has 0 spiro atoms. The third kappa shape index (κ3) is 8.06. The van der Waals surface area contributed by atoms with Gasteiger partial charge in [-0.05, 0) is 12.8 Å². The van der Waals surface area contributed by atoms with E-state index in [4.69, 9.17) is 0 Å². The maximum atomic E-state index is 3.79. The van der Waals surface area contributed by atoms with E-state index in [9.17, 15) is 0 Å². The third-order valence-electron chi connectivity index (χ3n) is 2.50. The van der Waals surface area contributed by atoms with Gasteiger partial charge in [-0.2, -0.15) is 0 Å². The maximum absolute atomic E-state index is 3.79. The fraction of sp³-hybridized carbons (Fsp3) is 0.692. The van der Waals surface area contributed by atoms with E-state index < -0.39 is 0 Å². The number of hydrogen-bond acceptors (Lipinski definition) is 0. The van der Waals surface area contributed by atoms with Crippen molar-refractivity contribution in [2.75, 3.05) is 6.54 Å². The summed E-state index contributed by atoms with van der Waals surface area (Å²) in [5, 5.41) is 2.44. The number of hydrogen-bond donors (Lipinski definition) is 1. The van der Waals surface area contributed by atoms with Gasteiger partial charge in [-0.15, -0.1) is 13.2 Å². The quantitative estimate of drug-likeness (QED) is 0.409. The largest absolute Gasteiger partial charge is 0.343 e. The minimum Gasteiger partial charge on any atom is -0.343 e. The molecule has 0 aliphatic rings. The minimum atomic E-state index is 0.673. The smallest absolute Gasteiger partial charge is 0.0928 e.